The van der Waals surface area contributed by atoms with Crippen molar-refractivity contribution in [2.24, 2.45) is 17.3 Å². The van der Waals surface area contributed by atoms with E-state index in [1.165, 1.54) is 12.0 Å². The SMILES string of the molecule is C=C(C(C)C(C)C)C(C)(C)CC. The van der Waals surface area contributed by atoms with Gasteiger partial charge in [-0.25, -0.2) is 0 Å². The number of rotatable bonds is 4. The van der Waals surface area contributed by atoms with Crippen LogP contribution in [0.5, 0.6) is 0 Å². The Morgan fingerprint density at radius 1 is 1.25 bits per heavy atom. The smallest absolute Gasteiger partial charge is 0.0147 e. The zero-order valence-electron chi connectivity index (χ0n) is 9.57. The second-order valence-electron chi connectivity index (χ2n) is 4.80. The normalized spacial score (nSPS) is 14.9. The minimum Gasteiger partial charge on any atom is -0.0990 e. The van der Waals surface area contributed by atoms with E-state index in [9.17, 15) is 0 Å². The van der Waals surface area contributed by atoms with Crippen LogP contribution in [-0.4, -0.2) is 0 Å². The van der Waals surface area contributed by atoms with E-state index in [1.54, 1.807) is 0 Å². The third-order valence-electron chi connectivity index (χ3n) is 3.30. The van der Waals surface area contributed by atoms with Gasteiger partial charge in [0.25, 0.3) is 0 Å². The molecule has 0 aromatic heterocycles. The second kappa shape index (κ2) is 4.11. The van der Waals surface area contributed by atoms with E-state index in [0.29, 0.717) is 17.3 Å². The molecule has 0 rings (SSSR count). The van der Waals surface area contributed by atoms with E-state index in [-0.39, 0.29) is 0 Å². The molecule has 0 N–H and O–H groups in total. The molecule has 0 saturated heterocycles. The van der Waals surface area contributed by atoms with Gasteiger partial charge >= 0.3 is 0 Å². The third-order valence-corrected chi connectivity index (χ3v) is 3.30. The van der Waals surface area contributed by atoms with Crippen LogP contribution in [-0.2, 0) is 0 Å². The highest BCUT2D eigenvalue weighted by atomic mass is 14.3. The summed E-state index contributed by atoms with van der Waals surface area (Å²) in [4.78, 5) is 0. The molecular formula is C12H24. The molecule has 0 spiro atoms. The fraction of sp³-hybridized carbons (Fsp3) is 0.833. The molecule has 0 fully saturated rings. The molecule has 72 valence electrons. The summed E-state index contributed by atoms with van der Waals surface area (Å²) in [5.74, 6) is 1.35. The molecule has 0 aliphatic carbocycles. The largest absolute Gasteiger partial charge is 0.0990 e. The first-order valence-corrected chi connectivity index (χ1v) is 5.02. The maximum Gasteiger partial charge on any atom is -0.0147 e. The first-order valence-electron chi connectivity index (χ1n) is 5.02. The van der Waals surface area contributed by atoms with Gasteiger partial charge in [-0.2, -0.15) is 0 Å². The van der Waals surface area contributed by atoms with Gasteiger partial charge in [-0.05, 0) is 23.7 Å². The van der Waals surface area contributed by atoms with Crippen molar-refractivity contribution >= 4 is 0 Å². The lowest BCUT2D eigenvalue weighted by atomic mass is 9.73. The summed E-state index contributed by atoms with van der Waals surface area (Å²) >= 11 is 0. The van der Waals surface area contributed by atoms with Gasteiger partial charge in [0.05, 0.1) is 0 Å². The third kappa shape index (κ3) is 2.66. The van der Waals surface area contributed by atoms with Gasteiger partial charge in [-0.1, -0.05) is 53.7 Å². The molecule has 0 aliphatic heterocycles. The van der Waals surface area contributed by atoms with Crippen molar-refractivity contribution in [2.45, 2.75) is 48.0 Å². The van der Waals surface area contributed by atoms with E-state index in [2.05, 4.69) is 48.1 Å². The van der Waals surface area contributed by atoms with Gasteiger partial charge in [0.2, 0.25) is 0 Å². The molecule has 1 atom stereocenters. The predicted octanol–water partition coefficient (Wildman–Crippen LogP) is 4.27. The Balaban J connectivity index is 4.39. The number of hydrogen-bond acceptors (Lipinski definition) is 0. The Bertz CT molecular complexity index is 151. The molecule has 0 nitrogen and oxygen atoms in total. The van der Waals surface area contributed by atoms with Crippen molar-refractivity contribution in [3.63, 3.8) is 0 Å². The summed E-state index contributed by atoms with van der Waals surface area (Å²) in [6, 6.07) is 0. The Morgan fingerprint density at radius 2 is 1.67 bits per heavy atom. The van der Waals surface area contributed by atoms with Gasteiger partial charge in [0, 0.05) is 0 Å². The van der Waals surface area contributed by atoms with Crippen LogP contribution >= 0.6 is 0 Å². The van der Waals surface area contributed by atoms with Crippen LogP contribution < -0.4 is 0 Å². The summed E-state index contributed by atoms with van der Waals surface area (Å²) < 4.78 is 0. The Labute approximate surface area is 78.1 Å². The molecule has 1 unspecified atom stereocenters. The standard InChI is InChI=1S/C12H24/c1-8-12(6,7)11(5)10(4)9(2)3/h9-10H,5,8H2,1-4,6-7H3. The average molecular weight is 168 g/mol. The van der Waals surface area contributed by atoms with Crippen LogP contribution in [0.15, 0.2) is 12.2 Å². The highest BCUT2D eigenvalue weighted by Crippen LogP contribution is 2.36. The van der Waals surface area contributed by atoms with Crippen LogP contribution in [0.25, 0.3) is 0 Å². The van der Waals surface area contributed by atoms with Crippen molar-refractivity contribution in [1.29, 1.82) is 0 Å². The van der Waals surface area contributed by atoms with Gasteiger partial charge < -0.3 is 0 Å². The molecule has 0 aromatic rings. The van der Waals surface area contributed by atoms with Crippen LogP contribution in [0.4, 0.5) is 0 Å². The Hall–Kier alpha value is -0.260. The van der Waals surface area contributed by atoms with Gasteiger partial charge in [0.1, 0.15) is 0 Å². The van der Waals surface area contributed by atoms with Gasteiger partial charge in [-0.15, -0.1) is 0 Å². The van der Waals surface area contributed by atoms with Crippen LogP contribution in [0.1, 0.15) is 48.0 Å². The lowest BCUT2D eigenvalue weighted by molar-refractivity contribution is 0.341. The van der Waals surface area contributed by atoms with Gasteiger partial charge in [0.15, 0.2) is 0 Å². The zero-order valence-corrected chi connectivity index (χ0v) is 9.57. The Kier molecular flexibility index (Phi) is 4.02. The summed E-state index contributed by atoms with van der Waals surface area (Å²) in [6.45, 7) is 17.8. The van der Waals surface area contributed by atoms with Crippen molar-refractivity contribution in [3.8, 4) is 0 Å². The average Bonchev–Trinajstić information content (AvgIpc) is 2.01. The molecule has 0 bridgehead atoms. The highest BCUT2D eigenvalue weighted by Gasteiger charge is 2.24. The quantitative estimate of drug-likeness (QED) is 0.550. The molecule has 0 aromatic carbocycles. The van der Waals surface area contributed by atoms with E-state index < -0.39 is 0 Å². The van der Waals surface area contributed by atoms with Crippen molar-refractivity contribution in [1.82, 2.24) is 0 Å². The van der Waals surface area contributed by atoms with Crippen LogP contribution in [0, 0.1) is 17.3 Å². The molecule has 0 aliphatic rings. The molecule has 12 heavy (non-hydrogen) atoms. The van der Waals surface area contributed by atoms with E-state index in [4.69, 9.17) is 0 Å². The topological polar surface area (TPSA) is 0 Å². The molecular weight excluding hydrogens is 144 g/mol. The maximum atomic E-state index is 4.22. The minimum atomic E-state index is 0.309. The monoisotopic (exact) mass is 168 g/mol. The van der Waals surface area contributed by atoms with Crippen molar-refractivity contribution < 1.29 is 0 Å². The first-order chi connectivity index (χ1) is 5.33. The summed E-state index contributed by atoms with van der Waals surface area (Å²) in [7, 11) is 0. The van der Waals surface area contributed by atoms with Crippen molar-refractivity contribution in [3.05, 3.63) is 12.2 Å². The fourth-order valence-corrected chi connectivity index (χ4v) is 1.25. The van der Waals surface area contributed by atoms with E-state index in [0.717, 1.165) is 0 Å². The van der Waals surface area contributed by atoms with E-state index >= 15 is 0 Å². The second-order valence-corrected chi connectivity index (χ2v) is 4.80. The summed E-state index contributed by atoms with van der Waals surface area (Å²) in [5.41, 5.74) is 1.71. The lowest BCUT2D eigenvalue weighted by Crippen LogP contribution is -2.21. The van der Waals surface area contributed by atoms with E-state index in [1.807, 2.05) is 0 Å². The summed E-state index contributed by atoms with van der Waals surface area (Å²) in [6.07, 6.45) is 1.18. The molecule has 0 amide bonds. The molecule has 0 heteroatoms. The van der Waals surface area contributed by atoms with Crippen LogP contribution in [0.2, 0.25) is 0 Å². The molecule has 0 saturated carbocycles. The highest BCUT2D eigenvalue weighted by molar-refractivity contribution is 5.10. The van der Waals surface area contributed by atoms with Crippen molar-refractivity contribution in [2.75, 3.05) is 0 Å². The number of allylic oxidation sites excluding steroid dienone is 1. The minimum absolute atomic E-state index is 0.309. The first kappa shape index (κ1) is 11.7. The molecule has 0 radical (unpaired) electrons. The van der Waals surface area contributed by atoms with Gasteiger partial charge in [-0.3, -0.25) is 0 Å². The lowest BCUT2D eigenvalue weighted by Gasteiger charge is -2.32. The zero-order chi connectivity index (χ0) is 9.94. The predicted molar refractivity (Wildman–Crippen MR) is 57.2 cm³/mol. The van der Waals surface area contributed by atoms with Crippen LogP contribution in [0.3, 0.4) is 0 Å². The fourth-order valence-electron chi connectivity index (χ4n) is 1.25. The molecule has 0 heterocycles. The number of hydrogen-bond donors (Lipinski definition) is 0. The summed E-state index contributed by atoms with van der Waals surface area (Å²) in [5, 5.41) is 0. The maximum absolute atomic E-state index is 4.22. The Morgan fingerprint density at radius 3 is 1.92 bits per heavy atom.